The van der Waals surface area contributed by atoms with E-state index in [9.17, 15) is 0 Å². The third kappa shape index (κ3) is 1.78. The zero-order valence-electron chi connectivity index (χ0n) is 12.3. The van der Waals surface area contributed by atoms with Gasteiger partial charge in [-0.25, -0.2) is 0 Å². The van der Waals surface area contributed by atoms with Crippen molar-refractivity contribution < 1.29 is 9.47 Å². The van der Waals surface area contributed by atoms with Crippen LogP contribution in [0, 0.1) is 18.8 Å². The molecular weight excluding hydrogens is 248 g/mol. The van der Waals surface area contributed by atoms with Gasteiger partial charge in [-0.3, -0.25) is 0 Å². The Morgan fingerprint density at radius 2 is 2.05 bits per heavy atom. The Morgan fingerprint density at radius 1 is 1.15 bits per heavy atom. The highest BCUT2D eigenvalue weighted by molar-refractivity contribution is 5.30. The summed E-state index contributed by atoms with van der Waals surface area (Å²) in [5.74, 6) is 1.19. The summed E-state index contributed by atoms with van der Waals surface area (Å²) in [7, 11) is 0. The van der Waals surface area contributed by atoms with Gasteiger partial charge < -0.3 is 9.47 Å². The summed E-state index contributed by atoms with van der Waals surface area (Å²) in [5.41, 5.74) is 2.87. The van der Waals surface area contributed by atoms with E-state index < -0.39 is 0 Å². The predicted molar refractivity (Wildman–Crippen MR) is 78.6 cm³/mol. The van der Waals surface area contributed by atoms with Crippen molar-refractivity contribution in [3.8, 4) is 0 Å². The van der Waals surface area contributed by atoms with Gasteiger partial charge in [-0.15, -0.1) is 0 Å². The minimum absolute atomic E-state index is 0.128. The highest BCUT2D eigenvalue weighted by Gasteiger charge is 2.56. The molecule has 1 saturated carbocycles. The molecule has 2 heterocycles. The van der Waals surface area contributed by atoms with Crippen molar-refractivity contribution in [1.29, 1.82) is 0 Å². The van der Waals surface area contributed by atoms with Crippen molar-refractivity contribution >= 4 is 0 Å². The van der Waals surface area contributed by atoms with E-state index in [-0.39, 0.29) is 11.7 Å². The van der Waals surface area contributed by atoms with E-state index in [2.05, 4.69) is 31.2 Å². The average molecular weight is 272 g/mol. The summed E-state index contributed by atoms with van der Waals surface area (Å²) in [4.78, 5) is 0. The van der Waals surface area contributed by atoms with E-state index in [0.29, 0.717) is 11.8 Å². The molecule has 3 aliphatic rings. The first-order valence-electron chi connectivity index (χ1n) is 8.12. The molecular formula is C18H24O2. The smallest absolute Gasteiger partial charge is 0.0883 e. The third-order valence-corrected chi connectivity index (χ3v) is 5.83. The van der Waals surface area contributed by atoms with Crippen LogP contribution in [0.15, 0.2) is 24.3 Å². The van der Waals surface area contributed by atoms with Crippen LogP contribution in [0.3, 0.4) is 0 Å². The van der Waals surface area contributed by atoms with E-state index in [1.165, 1.54) is 43.2 Å². The van der Waals surface area contributed by atoms with Crippen LogP contribution in [-0.2, 0) is 9.47 Å². The highest BCUT2D eigenvalue weighted by Crippen LogP contribution is 2.55. The van der Waals surface area contributed by atoms with Crippen molar-refractivity contribution in [3.05, 3.63) is 35.4 Å². The summed E-state index contributed by atoms with van der Waals surface area (Å²) in [6.45, 7) is 4.02. The van der Waals surface area contributed by atoms with Gasteiger partial charge in [0.2, 0.25) is 0 Å². The predicted octanol–water partition coefficient (Wildman–Crippen LogP) is 4.03. The molecule has 1 aliphatic carbocycles. The van der Waals surface area contributed by atoms with Crippen LogP contribution < -0.4 is 0 Å². The molecule has 4 atom stereocenters. The lowest BCUT2D eigenvalue weighted by molar-refractivity contribution is -0.196. The molecule has 3 fully saturated rings. The van der Waals surface area contributed by atoms with E-state index in [4.69, 9.17) is 9.47 Å². The number of ether oxygens (including phenoxy) is 2. The van der Waals surface area contributed by atoms with Gasteiger partial charge in [0, 0.05) is 18.4 Å². The normalized spacial score (nSPS) is 40.1. The monoisotopic (exact) mass is 272 g/mol. The number of aryl methyl sites for hydroxylation is 1. The van der Waals surface area contributed by atoms with Crippen LogP contribution in [0.2, 0.25) is 0 Å². The summed E-state index contributed by atoms with van der Waals surface area (Å²) < 4.78 is 12.7. The lowest BCUT2D eigenvalue weighted by atomic mass is 9.64. The van der Waals surface area contributed by atoms with Gasteiger partial charge >= 0.3 is 0 Å². The quantitative estimate of drug-likeness (QED) is 0.768. The van der Waals surface area contributed by atoms with Crippen molar-refractivity contribution in [2.75, 3.05) is 13.2 Å². The van der Waals surface area contributed by atoms with Crippen molar-refractivity contribution in [2.45, 2.75) is 50.7 Å². The zero-order valence-corrected chi connectivity index (χ0v) is 12.3. The fourth-order valence-electron chi connectivity index (χ4n) is 4.82. The molecule has 1 aromatic carbocycles. The molecule has 0 radical (unpaired) electrons. The Bertz CT molecular complexity index is 498. The first kappa shape index (κ1) is 12.8. The van der Waals surface area contributed by atoms with Gasteiger partial charge in [-0.2, -0.15) is 0 Å². The van der Waals surface area contributed by atoms with Gasteiger partial charge in [0.1, 0.15) is 0 Å². The van der Waals surface area contributed by atoms with E-state index in [0.717, 1.165) is 13.2 Å². The second-order valence-corrected chi connectivity index (χ2v) is 6.75. The van der Waals surface area contributed by atoms with Crippen LogP contribution in [0.5, 0.6) is 0 Å². The topological polar surface area (TPSA) is 18.5 Å². The van der Waals surface area contributed by atoms with Crippen LogP contribution >= 0.6 is 0 Å². The molecule has 0 N–H and O–H groups in total. The number of rotatable bonds is 1. The lowest BCUT2D eigenvalue weighted by Crippen LogP contribution is -2.53. The third-order valence-electron chi connectivity index (χ3n) is 5.83. The molecule has 1 aromatic rings. The van der Waals surface area contributed by atoms with E-state index >= 15 is 0 Å². The first-order chi connectivity index (χ1) is 9.81. The van der Waals surface area contributed by atoms with Crippen LogP contribution in [0.4, 0.5) is 0 Å². The maximum Gasteiger partial charge on any atom is 0.0883 e. The van der Waals surface area contributed by atoms with Crippen LogP contribution in [-0.4, -0.2) is 18.8 Å². The second-order valence-electron chi connectivity index (χ2n) is 6.75. The van der Waals surface area contributed by atoms with Crippen LogP contribution in [0.1, 0.15) is 49.3 Å². The molecule has 2 nitrogen and oxygen atoms in total. The van der Waals surface area contributed by atoms with Crippen molar-refractivity contribution in [3.63, 3.8) is 0 Å². The largest absolute Gasteiger partial charge is 0.374 e. The molecule has 108 valence electrons. The van der Waals surface area contributed by atoms with Gasteiger partial charge in [0.15, 0.2) is 0 Å². The summed E-state index contributed by atoms with van der Waals surface area (Å²) in [6.07, 6.45) is 6.59. The first-order valence-corrected chi connectivity index (χ1v) is 8.12. The molecule has 2 heteroatoms. The van der Waals surface area contributed by atoms with Crippen molar-refractivity contribution in [2.24, 2.45) is 11.8 Å². The molecule has 2 saturated heterocycles. The number of hydrogen-bond acceptors (Lipinski definition) is 2. The van der Waals surface area contributed by atoms with Gasteiger partial charge in [-0.05, 0) is 37.3 Å². The molecule has 0 unspecified atom stereocenters. The van der Waals surface area contributed by atoms with Crippen molar-refractivity contribution in [1.82, 2.24) is 0 Å². The maximum absolute atomic E-state index is 6.36. The Balaban J connectivity index is 1.73. The molecule has 0 bridgehead atoms. The van der Waals surface area contributed by atoms with E-state index in [1.807, 2.05) is 0 Å². The number of benzene rings is 1. The average Bonchev–Trinajstić information content (AvgIpc) is 2.89. The maximum atomic E-state index is 6.36. The second kappa shape index (κ2) is 4.85. The Morgan fingerprint density at radius 3 is 2.95 bits per heavy atom. The standard InChI is InChI=1S/C18H24O2/c1-13-6-2-3-7-15(13)17-16-8-4-5-10-18(16)14(12-19-17)9-11-20-18/h2-3,6-7,14,16-17H,4-5,8-12H2,1H3/t14-,16-,17-,18-/m0/s1. The van der Waals surface area contributed by atoms with Gasteiger partial charge in [0.25, 0.3) is 0 Å². The van der Waals surface area contributed by atoms with Gasteiger partial charge in [0.05, 0.1) is 18.3 Å². The molecule has 0 amide bonds. The molecule has 1 spiro atoms. The SMILES string of the molecule is Cc1ccccc1[C@@H]1OC[C@@H]2CCO[C@@]23CCCC[C@@H]13. The van der Waals surface area contributed by atoms with Crippen LogP contribution in [0.25, 0.3) is 0 Å². The zero-order chi connectivity index (χ0) is 13.6. The summed E-state index contributed by atoms with van der Waals surface area (Å²) >= 11 is 0. The molecule has 20 heavy (non-hydrogen) atoms. The highest BCUT2D eigenvalue weighted by atomic mass is 16.5. The summed E-state index contributed by atoms with van der Waals surface area (Å²) in [5, 5.41) is 0. The fourth-order valence-corrected chi connectivity index (χ4v) is 4.82. The Hall–Kier alpha value is -0.860. The minimum Gasteiger partial charge on any atom is -0.374 e. The summed E-state index contributed by atoms with van der Waals surface area (Å²) in [6, 6.07) is 8.71. The van der Waals surface area contributed by atoms with Gasteiger partial charge in [-0.1, -0.05) is 37.1 Å². The molecule has 0 aromatic heterocycles. The lowest BCUT2D eigenvalue weighted by Gasteiger charge is -2.51. The number of hydrogen-bond donors (Lipinski definition) is 0. The minimum atomic E-state index is 0.128. The molecule has 2 aliphatic heterocycles. The van der Waals surface area contributed by atoms with E-state index in [1.54, 1.807) is 0 Å². The Labute approximate surface area is 121 Å². The fraction of sp³-hybridized carbons (Fsp3) is 0.667. The molecule has 4 rings (SSSR count). The Kier molecular flexibility index (Phi) is 3.12.